The van der Waals surface area contributed by atoms with E-state index in [0.29, 0.717) is 31.1 Å². The third-order valence-corrected chi connectivity index (χ3v) is 5.44. The molecule has 1 aromatic carbocycles. The minimum absolute atomic E-state index is 0.0599. The molecule has 0 aliphatic carbocycles. The number of benzene rings is 1. The van der Waals surface area contributed by atoms with Gasteiger partial charge in [0.15, 0.2) is 0 Å². The summed E-state index contributed by atoms with van der Waals surface area (Å²) in [4.78, 5) is 0.0599. The molecule has 1 saturated heterocycles. The van der Waals surface area contributed by atoms with Gasteiger partial charge in [0.25, 0.3) is 0 Å². The van der Waals surface area contributed by atoms with Gasteiger partial charge >= 0.3 is 0 Å². The lowest BCUT2D eigenvalue weighted by Gasteiger charge is -2.28. The van der Waals surface area contributed by atoms with Gasteiger partial charge in [-0.1, -0.05) is 0 Å². The fraction of sp³-hybridized carbons (Fsp3) is 0.571. The molecule has 2 rings (SSSR count). The molecule has 2 atom stereocenters. The van der Waals surface area contributed by atoms with Gasteiger partial charge in [0, 0.05) is 12.3 Å². The van der Waals surface area contributed by atoms with Crippen molar-refractivity contribution in [1.82, 2.24) is 4.72 Å². The van der Waals surface area contributed by atoms with Gasteiger partial charge in [-0.2, -0.15) is 0 Å². The van der Waals surface area contributed by atoms with Crippen LogP contribution in [0.25, 0.3) is 0 Å². The number of anilines is 1. The van der Waals surface area contributed by atoms with Crippen LogP contribution in [0.2, 0.25) is 0 Å². The highest BCUT2D eigenvalue weighted by Gasteiger charge is 2.41. The molecule has 0 amide bonds. The SMILES string of the molecule is CCOc1ccc(N)cc1S(=O)(=O)NC1(C)CCOC1C. The highest BCUT2D eigenvalue weighted by molar-refractivity contribution is 7.89. The predicted octanol–water partition coefficient (Wildman–Crippen LogP) is 1.51. The Hall–Kier alpha value is -1.31. The van der Waals surface area contributed by atoms with Crippen molar-refractivity contribution in [2.75, 3.05) is 18.9 Å². The van der Waals surface area contributed by atoms with E-state index in [1.165, 1.54) is 6.07 Å². The molecule has 0 radical (unpaired) electrons. The van der Waals surface area contributed by atoms with Gasteiger partial charge in [-0.3, -0.25) is 0 Å². The van der Waals surface area contributed by atoms with Crippen LogP contribution in [-0.2, 0) is 14.8 Å². The third kappa shape index (κ3) is 3.30. The molecule has 0 bridgehead atoms. The maximum absolute atomic E-state index is 12.7. The first-order valence-corrected chi connectivity index (χ1v) is 8.45. The number of sulfonamides is 1. The predicted molar refractivity (Wildman–Crippen MR) is 80.8 cm³/mol. The van der Waals surface area contributed by atoms with Gasteiger partial charge in [0.05, 0.1) is 18.2 Å². The molecule has 1 aliphatic rings. The molecule has 0 saturated carbocycles. The Bertz CT molecular complexity index is 617. The Morgan fingerprint density at radius 3 is 2.81 bits per heavy atom. The summed E-state index contributed by atoms with van der Waals surface area (Å²) in [5.74, 6) is 0.300. The normalized spacial score (nSPS) is 26.0. The van der Waals surface area contributed by atoms with Gasteiger partial charge in [0.1, 0.15) is 10.6 Å². The van der Waals surface area contributed by atoms with E-state index >= 15 is 0 Å². The summed E-state index contributed by atoms with van der Waals surface area (Å²) in [6.45, 7) is 6.42. The molecule has 1 aromatic rings. The van der Waals surface area contributed by atoms with Crippen molar-refractivity contribution in [1.29, 1.82) is 0 Å². The number of nitrogen functional groups attached to an aromatic ring is 1. The summed E-state index contributed by atoms with van der Waals surface area (Å²) in [7, 11) is -3.75. The number of nitrogens with two attached hydrogens (primary N) is 1. The monoisotopic (exact) mass is 314 g/mol. The van der Waals surface area contributed by atoms with Gasteiger partial charge in [-0.25, -0.2) is 13.1 Å². The Morgan fingerprint density at radius 1 is 1.52 bits per heavy atom. The van der Waals surface area contributed by atoms with Crippen molar-refractivity contribution < 1.29 is 17.9 Å². The summed E-state index contributed by atoms with van der Waals surface area (Å²) >= 11 is 0. The maximum atomic E-state index is 12.7. The van der Waals surface area contributed by atoms with Crippen LogP contribution < -0.4 is 15.2 Å². The van der Waals surface area contributed by atoms with E-state index in [0.717, 1.165) is 0 Å². The van der Waals surface area contributed by atoms with E-state index in [9.17, 15) is 8.42 Å². The topological polar surface area (TPSA) is 90.7 Å². The third-order valence-electron chi connectivity index (χ3n) is 3.81. The van der Waals surface area contributed by atoms with Gasteiger partial charge in [-0.15, -0.1) is 0 Å². The first kappa shape index (κ1) is 16.1. The number of rotatable bonds is 5. The molecule has 7 heteroatoms. The first-order valence-electron chi connectivity index (χ1n) is 6.96. The van der Waals surface area contributed by atoms with E-state index in [-0.39, 0.29) is 11.0 Å². The lowest BCUT2D eigenvalue weighted by atomic mass is 9.97. The van der Waals surface area contributed by atoms with Crippen LogP contribution in [-0.4, -0.2) is 33.3 Å². The molecule has 2 unspecified atom stereocenters. The highest BCUT2D eigenvalue weighted by Crippen LogP contribution is 2.31. The molecular formula is C14H22N2O4S. The molecular weight excluding hydrogens is 292 g/mol. The summed E-state index contributed by atoms with van der Waals surface area (Å²) in [5, 5.41) is 0. The minimum atomic E-state index is -3.75. The van der Waals surface area contributed by atoms with Crippen molar-refractivity contribution in [3.05, 3.63) is 18.2 Å². The maximum Gasteiger partial charge on any atom is 0.244 e. The van der Waals surface area contributed by atoms with E-state index in [1.54, 1.807) is 19.1 Å². The van der Waals surface area contributed by atoms with Crippen LogP contribution in [0, 0.1) is 0 Å². The lowest BCUT2D eigenvalue weighted by molar-refractivity contribution is 0.0957. The zero-order valence-corrected chi connectivity index (χ0v) is 13.4. The van der Waals surface area contributed by atoms with Crippen molar-refractivity contribution in [3.63, 3.8) is 0 Å². The number of ether oxygens (including phenoxy) is 2. The average Bonchev–Trinajstić information content (AvgIpc) is 2.71. The van der Waals surface area contributed by atoms with E-state index in [2.05, 4.69) is 4.72 Å². The summed E-state index contributed by atoms with van der Waals surface area (Å²) in [6, 6.07) is 4.61. The van der Waals surface area contributed by atoms with Crippen molar-refractivity contribution in [2.45, 2.75) is 43.7 Å². The van der Waals surface area contributed by atoms with Crippen LogP contribution in [0.4, 0.5) is 5.69 Å². The molecule has 0 aromatic heterocycles. The standard InChI is InChI=1S/C14H22N2O4S/c1-4-19-12-6-5-11(15)9-13(12)21(17,18)16-14(3)7-8-20-10(14)2/h5-6,9-10,16H,4,7-8,15H2,1-3H3. The zero-order valence-electron chi connectivity index (χ0n) is 12.5. The van der Waals surface area contributed by atoms with Crippen LogP contribution in [0.5, 0.6) is 5.75 Å². The molecule has 118 valence electrons. The van der Waals surface area contributed by atoms with Crippen molar-refractivity contribution >= 4 is 15.7 Å². The second-order valence-corrected chi connectivity index (χ2v) is 7.08. The van der Waals surface area contributed by atoms with Gasteiger partial charge in [-0.05, 0) is 45.4 Å². The molecule has 1 heterocycles. The fourth-order valence-corrected chi connectivity index (χ4v) is 4.02. The van der Waals surface area contributed by atoms with E-state index in [4.69, 9.17) is 15.2 Å². The second-order valence-electron chi connectivity index (χ2n) is 5.43. The molecule has 3 N–H and O–H groups in total. The van der Waals surface area contributed by atoms with Crippen LogP contribution in [0.15, 0.2) is 23.1 Å². The molecule has 6 nitrogen and oxygen atoms in total. The largest absolute Gasteiger partial charge is 0.492 e. The smallest absolute Gasteiger partial charge is 0.244 e. The molecule has 1 aliphatic heterocycles. The number of hydrogen-bond acceptors (Lipinski definition) is 5. The Morgan fingerprint density at radius 2 is 2.24 bits per heavy atom. The molecule has 21 heavy (non-hydrogen) atoms. The van der Waals surface area contributed by atoms with Gasteiger partial charge < -0.3 is 15.2 Å². The van der Waals surface area contributed by atoms with E-state index in [1.807, 2.05) is 13.8 Å². The average molecular weight is 314 g/mol. The van der Waals surface area contributed by atoms with Crippen LogP contribution >= 0.6 is 0 Å². The van der Waals surface area contributed by atoms with Crippen molar-refractivity contribution in [3.8, 4) is 5.75 Å². The van der Waals surface area contributed by atoms with Gasteiger partial charge in [0.2, 0.25) is 10.0 Å². The number of hydrogen-bond donors (Lipinski definition) is 2. The lowest BCUT2D eigenvalue weighted by Crippen LogP contribution is -2.50. The summed E-state index contributed by atoms with van der Waals surface area (Å²) < 4.78 is 39.0. The second kappa shape index (κ2) is 5.82. The highest BCUT2D eigenvalue weighted by atomic mass is 32.2. The summed E-state index contributed by atoms with van der Waals surface area (Å²) in [6.07, 6.45) is 0.434. The fourth-order valence-electron chi connectivity index (χ4n) is 2.34. The Balaban J connectivity index is 2.37. The van der Waals surface area contributed by atoms with Crippen LogP contribution in [0.1, 0.15) is 27.2 Å². The molecule has 1 fully saturated rings. The quantitative estimate of drug-likeness (QED) is 0.804. The summed E-state index contributed by atoms with van der Waals surface area (Å²) in [5.41, 5.74) is 5.46. The first-order chi connectivity index (χ1) is 9.78. The molecule has 0 spiro atoms. The Kier molecular flexibility index (Phi) is 4.46. The zero-order chi connectivity index (χ0) is 15.7. The minimum Gasteiger partial charge on any atom is -0.492 e. The van der Waals surface area contributed by atoms with E-state index < -0.39 is 15.6 Å². The van der Waals surface area contributed by atoms with Crippen molar-refractivity contribution in [2.24, 2.45) is 0 Å². The Labute approximate surface area is 125 Å². The number of nitrogens with one attached hydrogen (secondary N) is 1. The van der Waals surface area contributed by atoms with Crippen LogP contribution in [0.3, 0.4) is 0 Å².